The molecule has 2 nitrogen and oxygen atoms in total. The lowest BCUT2D eigenvalue weighted by molar-refractivity contribution is 0.501. The lowest BCUT2D eigenvalue weighted by Gasteiger charge is -2.35. The molecule has 4 unspecified atom stereocenters. The number of hydrogen-bond donors (Lipinski definition) is 2. The molecule has 0 spiro atoms. The summed E-state index contributed by atoms with van der Waals surface area (Å²) in [6.45, 7) is 4.37. The standard InChI is InChI=1S/C13H18F2N2S2/c1-7-8(2)19-12(6-18-7)13(17-16)10-4-3-9(14)5-11(10)15/h3-5,7-8,12-13,17H,6,16H2,1-2H3. The molecule has 0 aliphatic carbocycles. The summed E-state index contributed by atoms with van der Waals surface area (Å²) in [6.07, 6.45) is 0. The van der Waals surface area contributed by atoms with Crippen LogP contribution in [-0.2, 0) is 0 Å². The first kappa shape index (κ1) is 15.1. The molecule has 1 saturated heterocycles. The predicted octanol–water partition coefficient (Wildman–Crippen LogP) is 3.09. The molecule has 0 radical (unpaired) electrons. The Labute approximate surface area is 120 Å². The maximum Gasteiger partial charge on any atom is 0.130 e. The molecule has 0 amide bonds. The number of nitrogens with one attached hydrogen (secondary N) is 1. The third kappa shape index (κ3) is 3.42. The van der Waals surface area contributed by atoms with Gasteiger partial charge >= 0.3 is 0 Å². The van der Waals surface area contributed by atoms with E-state index in [1.54, 1.807) is 0 Å². The molecule has 2 rings (SSSR count). The fraction of sp³-hybridized carbons (Fsp3) is 0.538. The molecule has 19 heavy (non-hydrogen) atoms. The van der Waals surface area contributed by atoms with E-state index < -0.39 is 11.6 Å². The Balaban J connectivity index is 2.20. The molecule has 0 saturated carbocycles. The highest BCUT2D eigenvalue weighted by molar-refractivity contribution is 8.07. The first-order valence-electron chi connectivity index (χ1n) is 6.21. The molecule has 1 aromatic carbocycles. The lowest BCUT2D eigenvalue weighted by Crippen LogP contribution is -2.40. The average Bonchev–Trinajstić information content (AvgIpc) is 2.37. The highest BCUT2D eigenvalue weighted by Crippen LogP contribution is 2.41. The van der Waals surface area contributed by atoms with E-state index in [0.29, 0.717) is 16.1 Å². The summed E-state index contributed by atoms with van der Waals surface area (Å²) < 4.78 is 26.8. The summed E-state index contributed by atoms with van der Waals surface area (Å²) >= 11 is 3.68. The quantitative estimate of drug-likeness (QED) is 0.665. The Morgan fingerprint density at radius 2 is 2.05 bits per heavy atom. The van der Waals surface area contributed by atoms with Crippen molar-refractivity contribution in [1.29, 1.82) is 0 Å². The molecule has 0 aromatic heterocycles. The zero-order chi connectivity index (χ0) is 14.0. The number of hydrogen-bond acceptors (Lipinski definition) is 4. The fourth-order valence-electron chi connectivity index (χ4n) is 2.13. The van der Waals surface area contributed by atoms with Crippen LogP contribution in [0.3, 0.4) is 0 Å². The Bertz CT molecular complexity index is 445. The van der Waals surface area contributed by atoms with Gasteiger partial charge in [-0.2, -0.15) is 23.5 Å². The molecular formula is C13H18F2N2S2. The Hall–Kier alpha value is -0.300. The summed E-state index contributed by atoms with van der Waals surface area (Å²) in [6, 6.07) is 3.36. The van der Waals surface area contributed by atoms with Gasteiger partial charge in [0, 0.05) is 33.1 Å². The van der Waals surface area contributed by atoms with Crippen LogP contribution in [0.4, 0.5) is 8.78 Å². The lowest BCUT2D eigenvalue weighted by atomic mass is 10.0. The van der Waals surface area contributed by atoms with Crippen molar-refractivity contribution in [2.45, 2.75) is 35.6 Å². The van der Waals surface area contributed by atoms with Gasteiger partial charge in [-0.3, -0.25) is 11.3 Å². The molecule has 106 valence electrons. The fourth-order valence-corrected chi connectivity index (χ4v) is 5.22. The van der Waals surface area contributed by atoms with Crippen LogP contribution in [0.1, 0.15) is 25.5 Å². The van der Waals surface area contributed by atoms with Crippen LogP contribution in [0.25, 0.3) is 0 Å². The third-order valence-corrected chi connectivity index (χ3v) is 6.92. The van der Waals surface area contributed by atoms with Gasteiger partial charge in [-0.05, 0) is 6.07 Å². The van der Waals surface area contributed by atoms with Crippen molar-refractivity contribution >= 4 is 23.5 Å². The molecule has 1 aliphatic heterocycles. The second-order valence-electron chi connectivity index (χ2n) is 4.73. The Kier molecular flexibility index (Phi) is 5.11. The number of hydrazine groups is 1. The van der Waals surface area contributed by atoms with Crippen molar-refractivity contribution in [2.75, 3.05) is 5.75 Å². The number of thioether (sulfide) groups is 2. The monoisotopic (exact) mass is 304 g/mol. The van der Waals surface area contributed by atoms with E-state index in [9.17, 15) is 8.78 Å². The minimum absolute atomic E-state index is 0.182. The van der Waals surface area contributed by atoms with Crippen LogP contribution in [0.15, 0.2) is 18.2 Å². The van der Waals surface area contributed by atoms with Gasteiger partial charge < -0.3 is 0 Å². The van der Waals surface area contributed by atoms with E-state index >= 15 is 0 Å². The second kappa shape index (κ2) is 6.43. The van der Waals surface area contributed by atoms with Gasteiger partial charge in [-0.25, -0.2) is 8.78 Å². The van der Waals surface area contributed by atoms with Crippen molar-refractivity contribution in [2.24, 2.45) is 5.84 Å². The van der Waals surface area contributed by atoms with Gasteiger partial charge in [0.05, 0.1) is 6.04 Å². The van der Waals surface area contributed by atoms with E-state index in [0.717, 1.165) is 11.8 Å². The molecule has 1 aromatic rings. The van der Waals surface area contributed by atoms with Crippen molar-refractivity contribution in [3.05, 3.63) is 35.4 Å². The molecule has 4 atom stereocenters. The summed E-state index contributed by atoms with van der Waals surface area (Å²) in [5.74, 6) is 5.39. The van der Waals surface area contributed by atoms with Crippen molar-refractivity contribution in [3.8, 4) is 0 Å². The first-order chi connectivity index (χ1) is 9.02. The minimum Gasteiger partial charge on any atom is -0.271 e. The molecule has 1 fully saturated rings. The molecule has 1 heterocycles. The van der Waals surface area contributed by atoms with Crippen molar-refractivity contribution in [3.63, 3.8) is 0 Å². The van der Waals surface area contributed by atoms with Gasteiger partial charge in [0.2, 0.25) is 0 Å². The smallest absolute Gasteiger partial charge is 0.130 e. The van der Waals surface area contributed by atoms with Crippen LogP contribution >= 0.6 is 23.5 Å². The summed E-state index contributed by atoms with van der Waals surface area (Å²) in [5.41, 5.74) is 3.12. The van der Waals surface area contributed by atoms with Crippen LogP contribution in [0, 0.1) is 11.6 Å². The second-order valence-corrected chi connectivity index (χ2v) is 7.76. The van der Waals surface area contributed by atoms with Gasteiger partial charge in [0.15, 0.2) is 0 Å². The maximum atomic E-state index is 13.9. The molecule has 1 aliphatic rings. The molecule has 0 bridgehead atoms. The predicted molar refractivity (Wildman–Crippen MR) is 79.2 cm³/mol. The van der Waals surface area contributed by atoms with E-state index in [4.69, 9.17) is 5.84 Å². The Morgan fingerprint density at radius 1 is 1.32 bits per heavy atom. The SMILES string of the molecule is CC1SCC(C(NN)c2ccc(F)cc2F)SC1C. The third-order valence-electron chi connectivity index (χ3n) is 3.42. The highest BCUT2D eigenvalue weighted by atomic mass is 32.2. The summed E-state index contributed by atoms with van der Waals surface area (Å²) in [5, 5.41) is 1.25. The van der Waals surface area contributed by atoms with E-state index in [2.05, 4.69) is 19.3 Å². The largest absolute Gasteiger partial charge is 0.271 e. The first-order valence-corrected chi connectivity index (χ1v) is 8.20. The minimum atomic E-state index is -0.565. The highest BCUT2D eigenvalue weighted by Gasteiger charge is 2.32. The van der Waals surface area contributed by atoms with E-state index in [1.165, 1.54) is 12.1 Å². The number of halogens is 2. The molecule has 6 heteroatoms. The number of nitrogens with two attached hydrogens (primary N) is 1. The number of benzene rings is 1. The van der Waals surface area contributed by atoms with Gasteiger partial charge in [0.25, 0.3) is 0 Å². The topological polar surface area (TPSA) is 38.0 Å². The zero-order valence-electron chi connectivity index (χ0n) is 10.9. The molecule has 3 N–H and O–H groups in total. The average molecular weight is 304 g/mol. The van der Waals surface area contributed by atoms with Crippen LogP contribution < -0.4 is 11.3 Å². The van der Waals surface area contributed by atoms with Crippen molar-refractivity contribution in [1.82, 2.24) is 5.43 Å². The number of rotatable bonds is 3. The zero-order valence-corrected chi connectivity index (χ0v) is 12.5. The van der Waals surface area contributed by atoms with E-state index in [1.807, 2.05) is 23.5 Å². The summed E-state index contributed by atoms with van der Waals surface area (Å²) in [4.78, 5) is 0. The summed E-state index contributed by atoms with van der Waals surface area (Å²) in [7, 11) is 0. The van der Waals surface area contributed by atoms with Crippen LogP contribution in [-0.4, -0.2) is 21.5 Å². The Morgan fingerprint density at radius 3 is 2.63 bits per heavy atom. The van der Waals surface area contributed by atoms with Gasteiger partial charge in [-0.15, -0.1) is 0 Å². The van der Waals surface area contributed by atoms with Crippen LogP contribution in [0.5, 0.6) is 0 Å². The van der Waals surface area contributed by atoms with E-state index in [-0.39, 0.29) is 11.3 Å². The normalized spacial score (nSPS) is 29.2. The maximum absolute atomic E-state index is 13.9. The van der Waals surface area contributed by atoms with Crippen molar-refractivity contribution < 1.29 is 8.78 Å². The van der Waals surface area contributed by atoms with Crippen LogP contribution in [0.2, 0.25) is 0 Å². The van der Waals surface area contributed by atoms with Gasteiger partial charge in [0.1, 0.15) is 11.6 Å². The van der Waals surface area contributed by atoms with Gasteiger partial charge in [-0.1, -0.05) is 19.9 Å². The molecular weight excluding hydrogens is 286 g/mol.